The normalized spacial score (nSPS) is 13.0. The molecule has 0 amide bonds. The van der Waals surface area contributed by atoms with Crippen LogP contribution in [0.1, 0.15) is 25.4 Å². The fraction of sp³-hybridized carbons (Fsp3) is 0.364. The zero-order chi connectivity index (χ0) is 11.3. The minimum absolute atomic E-state index is 0.713. The van der Waals surface area contributed by atoms with E-state index >= 15 is 0 Å². The van der Waals surface area contributed by atoms with E-state index in [4.69, 9.17) is 5.73 Å². The van der Waals surface area contributed by atoms with Gasteiger partial charge in [-0.2, -0.15) is 0 Å². The molecule has 4 heteroatoms. The largest absolute Gasteiger partial charge is 0.402 e. The van der Waals surface area contributed by atoms with E-state index in [1.807, 2.05) is 26.8 Å². The fourth-order valence-corrected chi connectivity index (χ4v) is 1.16. The summed E-state index contributed by atoms with van der Waals surface area (Å²) >= 11 is 0. The number of aromatic nitrogens is 2. The molecule has 0 aliphatic heterocycles. The average Bonchev–Trinajstić information content (AvgIpc) is 2.18. The quantitative estimate of drug-likeness (QED) is 0.760. The van der Waals surface area contributed by atoms with E-state index in [0.717, 1.165) is 23.6 Å². The molecule has 1 rings (SSSR count). The van der Waals surface area contributed by atoms with Crippen LogP contribution in [0.25, 0.3) is 5.57 Å². The molecule has 1 aromatic heterocycles. The van der Waals surface area contributed by atoms with Gasteiger partial charge in [0.1, 0.15) is 5.82 Å². The van der Waals surface area contributed by atoms with Gasteiger partial charge in [0.05, 0.1) is 5.69 Å². The molecule has 0 radical (unpaired) electrons. The van der Waals surface area contributed by atoms with Gasteiger partial charge in [-0.15, -0.1) is 0 Å². The first-order valence-electron chi connectivity index (χ1n) is 4.91. The average molecular weight is 204 g/mol. The first kappa shape index (κ1) is 11.4. The highest BCUT2D eigenvalue weighted by Crippen LogP contribution is 2.11. The van der Waals surface area contributed by atoms with E-state index in [9.17, 15) is 0 Å². The molecule has 0 unspecified atom stereocenters. The Labute approximate surface area is 90.0 Å². The Kier molecular flexibility index (Phi) is 3.97. The summed E-state index contributed by atoms with van der Waals surface area (Å²) in [6.45, 7) is 6.41. The summed E-state index contributed by atoms with van der Waals surface area (Å²) in [5.41, 5.74) is 8.18. The van der Waals surface area contributed by atoms with Crippen LogP contribution < -0.4 is 5.73 Å². The number of hydrogen-bond acceptors (Lipinski definition) is 4. The van der Waals surface area contributed by atoms with Crippen LogP contribution in [0.5, 0.6) is 0 Å². The molecule has 80 valence electrons. The fourth-order valence-electron chi connectivity index (χ4n) is 1.16. The standard InChI is InChI=1S/C11H16N4/c1-4-13-7-10(8(2)12)11-5-6-14-9(3)15-11/h5-7H,4,12H2,1-3H3/b10-8-,13-7?. The zero-order valence-corrected chi connectivity index (χ0v) is 9.36. The summed E-state index contributed by atoms with van der Waals surface area (Å²) in [6.07, 6.45) is 3.48. The molecule has 15 heavy (non-hydrogen) atoms. The molecule has 0 aliphatic carbocycles. The maximum absolute atomic E-state index is 5.79. The molecule has 0 spiro atoms. The number of allylic oxidation sites excluding steroid dienone is 2. The van der Waals surface area contributed by atoms with Crippen LogP contribution in [-0.4, -0.2) is 22.7 Å². The monoisotopic (exact) mass is 204 g/mol. The number of nitrogens with two attached hydrogens (primary N) is 1. The lowest BCUT2D eigenvalue weighted by Gasteiger charge is -2.04. The topological polar surface area (TPSA) is 64.2 Å². The van der Waals surface area contributed by atoms with Crippen molar-refractivity contribution in [3.63, 3.8) is 0 Å². The Morgan fingerprint density at radius 1 is 1.60 bits per heavy atom. The maximum atomic E-state index is 5.79. The van der Waals surface area contributed by atoms with Gasteiger partial charge in [-0.3, -0.25) is 4.99 Å². The molecule has 4 nitrogen and oxygen atoms in total. The van der Waals surface area contributed by atoms with Crippen LogP contribution in [0.4, 0.5) is 0 Å². The van der Waals surface area contributed by atoms with Crippen molar-refractivity contribution in [2.45, 2.75) is 20.8 Å². The first-order valence-corrected chi connectivity index (χ1v) is 4.91. The van der Waals surface area contributed by atoms with Crippen LogP contribution in [0.2, 0.25) is 0 Å². The van der Waals surface area contributed by atoms with Crippen LogP contribution in [0.3, 0.4) is 0 Å². The molecule has 0 saturated heterocycles. The van der Waals surface area contributed by atoms with Crippen molar-refractivity contribution >= 4 is 11.8 Å². The summed E-state index contributed by atoms with van der Waals surface area (Å²) in [5.74, 6) is 0.733. The van der Waals surface area contributed by atoms with Gasteiger partial charge in [0.2, 0.25) is 0 Å². The van der Waals surface area contributed by atoms with Crippen molar-refractivity contribution in [2.24, 2.45) is 10.7 Å². The van der Waals surface area contributed by atoms with E-state index in [1.54, 1.807) is 12.4 Å². The Bertz CT molecular complexity index is 389. The molecule has 0 saturated carbocycles. The lowest BCUT2D eigenvalue weighted by Crippen LogP contribution is -2.02. The molecule has 2 N–H and O–H groups in total. The molecular weight excluding hydrogens is 188 g/mol. The van der Waals surface area contributed by atoms with E-state index in [0.29, 0.717) is 5.70 Å². The maximum Gasteiger partial charge on any atom is 0.125 e. The molecule has 0 bridgehead atoms. The van der Waals surface area contributed by atoms with Crippen molar-refractivity contribution in [3.05, 3.63) is 29.5 Å². The first-order chi connectivity index (χ1) is 7.15. The third-order valence-corrected chi connectivity index (χ3v) is 1.88. The highest BCUT2D eigenvalue weighted by Gasteiger charge is 2.03. The molecule has 1 heterocycles. The lowest BCUT2D eigenvalue weighted by molar-refractivity contribution is 1.04. The number of hydrogen-bond donors (Lipinski definition) is 1. The van der Waals surface area contributed by atoms with E-state index in [1.165, 1.54) is 0 Å². The van der Waals surface area contributed by atoms with Gasteiger partial charge in [-0.1, -0.05) is 0 Å². The summed E-state index contributed by atoms with van der Waals surface area (Å²) in [4.78, 5) is 12.5. The molecule has 1 aromatic rings. The minimum atomic E-state index is 0.713. The van der Waals surface area contributed by atoms with Crippen molar-refractivity contribution in [3.8, 4) is 0 Å². The molecule has 0 fully saturated rings. The second-order valence-electron chi connectivity index (χ2n) is 3.21. The van der Waals surface area contributed by atoms with Gasteiger partial charge >= 0.3 is 0 Å². The van der Waals surface area contributed by atoms with Gasteiger partial charge in [0.15, 0.2) is 0 Å². The van der Waals surface area contributed by atoms with Crippen LogP contribution in [-0.2, 0) is 0 Å². The summed E-state index contributed by atoms with van der Waals surface area (Å²) < 4.78 is 0. The van der Waals surface area contributed by atoms with Gasteiger partial charge in [0, 0.05) is 30.2 Å². The zero-order valence-electron chi connectivity index (χ0n) is 9.36. The van der Waals surface area contributed by atoms with E-state index < -0.39 is 0 Å². The summed E-state index contributed by atoms with van der Waals surface area (Å²) in [5, 5.41) is 0. The van der Waals surface area contributed by atoms with Crippen molar-refractivity contribution in [2.75, 3.05) is 6.54 Å². The second-order valence-corrected chi connectivity index (χ2v) is 3.21. The predicted molar refractivity (Wildman–Crippen MR) is 62.6 cm³/mol. The number of nitrogens with zero attached hydrogens (tertiary/aromatic N) is 3. The number of aryl methyl sites for hydroxylation is 1. The van der Waals surface area contributed by atoms with Crippen molar-refractivity contribution in [1.82, 2.24) is 9.97 Å². The van der Waals surface area contributed by atoms with Gasteiger partial charge in [0.25, 0.3) is 0 Å². The molecule has 0 aliphatic rings. The summed E-state index contributed by atoms with van der Waals surface area (Å²) in [6, 6.07) is 1.83. The molecular formula is C11H16N4. The van der Waals surface area contributed by atoms with E-state index in [-0.39, 0.29) is 0 Å². The third-order valence-electron chi connectivity index (χ3n) is 1.88. The van der Waals surface area contributed by atoms with Crippen LogP contribution >= 0.6 is 0 Å². The highest BCUT2D eigenvalue weighted by atomic mass is 14.9. The van der Waals surface area contributed by atoms with Crippen LogP contribution in [0.15, 0.2) is 23.0 Å². The number of aliphatic imine (C=N–C) groups is 1. The smallest absolute Gasteiger partial charge is 0.125 e. The van der Waals surface area contributed by atoms with Gasteiger partial charge < -0.3 is 5.73 Å². The Morgan fingerprint density at radius 3 is 2.87 bits per heavy atom. The SMILES string of the molecule is CCN=C/C(=C(\C)N)c1ccnc(C)n1. The highest BCUT2D eigenvalue weighted by molar-refractivity contribution is 6.09. The summed E-state index contributed by atoms with van der Waals surface area (Å²) in [7, 11) is 0. The Hall–Kier alpha value is -1.71. The minimum Gasteiger partial charge on any atom is -0.402 e. The van der Waals surface area contributed by atoms with Gasteiger partial charge in [-0.05, 0) is 26.8 Å². The lowest BCUT2D eigenvalue weighted by atomic mass is 10.1. The number of rotatable bonds is 3. The van der Waals surface area contributed by atoms with Crippen molar-refractivity contribution in [1.29, 1.82) is 0 Å². The second kappa shape index (κ2) is 5.24. The van der Waals surface area contributed by atoms with Gasteiger partial charge in [-0.25, -0.2) is 9.97 Å². The van der Waals surface area contributed by atoms with Crippen LogP contribution in [0, 0.1) is 6.92 Å². The molecule has 0 atom stereocenters. The molecule has 0 aromatic carbocycles. The Balaban J connectivity index is 3.12. The third kappa shape index (κ3) is 3.16. The Morgan fingerprint density at radius 2 is 2.33 bits per heavy atom. The van der Waals surface area contributed by atoms with E-state index in [2.05, 4.69) is 15.0 Å². The van der Waals surface area contributed by atoms with Crippen molar-refractivity contribution < 1.29 is 0 Å². The predicted octanol–water partition coefficient (Wildman–Crippen LogP) is 1.57.